The Morgan fingerprint density at radius 1 is 1.27 bits per heavy atom. The van der Waals surface area contributed by atoms with Gasteiger partial charge in [0.15, 0.2) is 0 Å². The van der Waals surface area contributed by atoms with E-state index in [0.29, 0.717) is 5.75 Å². The van der Waals surface area contributed by atoms with Crippen molar-refractivity contribution in [1.82, 2.24) is 10.2 Å². The number of benzene rings is 1. The summed E-state index contributed by atoms with van der Waals surface area (Å²) in [5, 5.41) is 12.8. The predicted molar refractivity (Wildman–Crippen MR) is 64.0 cm³/mol. The van der Waals surface area contributed by atoms with Crippen LogP contribution in [0, 0.1) is 0 Å². The molecule has 0 spiro atoms. The molecule has 1 aromatic rings. The molecule has 1 aliphatic heterocycles. The molecule has 1 aliphatic rings. The van der Waals surface area contributed by atoms with E-state index in [1.165, 1.54) is 0 Å². The summed E-state index contributed by atoms with van der Waals surface area (Å²) in [5.41, 5.74) is 1.16. The van der Waals surface area contributed by atoms with Crippen LogP contribution in [0.1, 0.15) is 5.56 Å². The molecule has 0 aromatic heterocycles. The first kappa shape index (κ1) is 10.9. The van der Waals surface area contributed by atoms with Gasteiger partial charge in [-0.25, -0.2) is 0 Å². The maximum absolute atomic E-state index is 9.46. The van der Waals surface area contributed by atoms with Crippen molar-refractivity contribution in [2.24, 2.45) is 0 Å². The number of phenols is 1. The van der Waals surface area contributed by atoms with Crippen molar-refractivity contribution < 1.29 is 5.11 Å². The molecule has 1 aromatic carbocycles. The zero-order valence-corrected chi connectivity index (χ0v) is 10.1. The van der Waals surface area contributed by atoms with E-state index >= 15 is 0 Å². The highest BCUT2D eigenvalue weighted by Crippen LogP contribution is 2.21. The lowest BCUT2D eigenvalue weighted by atomic mass is 10.2. The van der Waals surface area contributed by atoms with E-state index in [2.05, 4.69) is 32.2 Å². The average Bonchev–Trinajstić information content (AvgIpc) is 2.17. The first-order valence-electron chi connectivity index (χ1n) is 5.15. The fraction of sp³-hybridized carbons (Fsp3) is 0.455. The molecule has 1 saturated heterocycles. The second-order valence-electron chi connectivity index (χ2n) is 3.84. The molecule has 3 nitrogen and oxygen atoms in total. The molecule has 2 N–H and O–H groups in total. The topological polar surface area (TPSA) is 35.5 Å². The van der Waals surface area contributed by atoms with Crippen molar-refractivity contribution in [2.45, 2.75) is 6.54 Å². The van der Waals surface area contributed by atoms with Gasteiger partial charge in [0.2, 0.25) is 0 Å². The normalized spacial score (nSPS) is 17.9. The zero-order chi connectivity index (χ0) is 10.7. The molecule has 0 unspecified atom stereocenters. The lowest BCUT2D eigenvalue weighted by molar-refractivity contribution is 0.233. The molecule has 2 rings (SSSR count). The van der Waals surface area contributed by atoms with Crippen molar-refractivity contribution in [2.75, 3.05) is 26.2 Å². The van der Waals surface area contributed by atoms with Crippen molar-refractivity contribution in [3.05, 3.63) is 28.2 Å². The van der Waals surface area contributed by atoms with E-state index in [1.54, 1.807) is 6.07 Å². The number of phenolic OH excluding ortho intramolecular Hbond substituents is 1. The average molecular weight is 271 g/mol. The summed E-state index contributed by atoms with van der Waals surface area (Å²) < 4.78 is 0.938. The monoisotopic (exact) mass is 270 g/mol. The lowest BCUT2D eigenvalue weighted by Crippen LogP contribution is -2.42. The first-order valence-corrected chi connectivity index (χ1v) is 5.95. The van der Waals surface area contributed by atoms with Crippen LogP contribution in [-0.4, -0.2) is 36.2 Å². The molecule has 1 fully saturated rings. The summed E-state index contributed by atoms with van der Waals surface area (Å²) in [6.45, 7) is 5.18. The molecule has 4 heteroatoms. The largest absolute Gasteiger partial charge is 0.508 e. The number of hydrogen-bond acceptors (Lipinski definition) is 3. The highest BCUT2D eigenvalue weighted by molar-refractivity contribution is 9.10. The quantitative estimate of drug-likeness (QED) is 0.857. The lowest BCUT2D eigenvalue weighted by Gasteiger charge is -2.27. The first-order chi connectivity index (χ1) is 7.24. The van der Waals surface area contributed by atoms with E-state index in [9.17, 15) is 5.11 Å². The van der Waals surface area contributed by atoms with Crippen molar-refractivity contribution >= 4 is 15.9 Å². The van der Waals surface area contributed by atoms with Crippen LogP contribution in [0.5, 0.6) is 5.75 Å². The molecule has 0 bridgehead atoms. The van der Waals surface area contributed by atoms with Gasteiger partial charge in [-0.3, -0.25) is 4.90 Å². The van der Waals surface area contributed by atoms with E-state index in [0.717, 1.165) is 42.8 Å². The molecular formula is C11H15BrN2O. The number of aromatic hydroxyl groups is 1. The Bertz CT molecular complexity index is 317. The van der Waals surface area contributed by atoms with Gasteiger partial charge in [-0.2, -0.15) is 0 Å². The van der Waals surface area contributed by atoms with Crippen LogP contribution in [0.15, 0.2) is 22.7 Å². The maximum atomic E-state index is 9.46. The van der Waals surface area contributed by atoms with Gasteiger partial charge in [-0.15, -0.1) is 0 Å². The molecule has 1 heterocycles. The van der Waals surface area contributed by atoms with E-state index in [-0.39, 0.29) is 0 Å². The van der Waals surface area contributed by atoms with E-state index < -0.39 is 0 Å². The Hall–Kier alpha value is -0.580. The van der Waals surface area contributed by atoms with Crippen molar-refractivity contribution in [3.8, 4) is 5.75 Å². The van der Waals surface area contributed by atoms with Gasteiger partial charge in [0.25, 0.3) is 0 Å². The van der Waals surface area contributed by atoms with Crippen LogP contribution in [0.2, 0.25) is 0 Å². The predicted octanol–water partition coefficient (Wildman–Crippen LogP) is 1.56. The molecule has 0 saturated carbocycles. The summed E-state index contributed by atoms with van der Waals surface area (Å²) in [5.74, 6) is 0.328. The van der Waals surface area contributed by atoms with Gasteiger partial charge in [-0.05, 0) is 23.8 Å². The second kappa shape index (κ2) is 4.96. The summed E-state index contributed by atoms with van der Waals surface area (Å²) in [4.78, 5) is 2.39. The van der Waals surface area contributed by atoms with E-state index in [1.807, 2.05) is 6.07 Å². The van der Waals surface area contributed by atoms with Crippen LogP contribution >= 0.6 is 15.9 Å². The minimum atomic E-state index is 0.328. The van der Waals surface area contributed by atoms with Crippen molar-refractivity contribution in [3.63, 3.8) is 0 Å². The van der Waals surface area contributed by atoms with Crippen LogP contribution in [-0.2, 0) is 6.54 Å². The van der Waals surface area contributed by atoms with Gasteiger partial charge in [-0.1, -0.05) is 15.9 Å². The fourth-order valence-corrected chi connectivity index (χ4v) is 2.38. The molecule has 0 atom stereocenters. The Kier molecular flexibility index (Phi) is 3.61. The molecular weight excluding hydrogens is 256 g/mol. The summed E-state index contributed by atoms with van der Waals surface area (Å²) >= 11 is 3.39. The third kappa shape index (κ3) is 3.19. The minimum absolute atomic E-state index is 0.328. The van der Waals surface area contributed by atoms with Gasteiger partial charge < -0.3 is 10.4 Å². The molecule has 82 valence electrons. The number of nitrogens with zero attached hydrogens (tertiary/aromatic N) is 1. The number of piperazine rings is 1. The van der Waals surface area contributed by atoms with Crippen LogP contribution in [0.4, 0.5) is 0 Å². The van der Waals surface area contributed by atoms with Gasteiger partial charge in [0.1, 0.15) is 5.75 Å². The smallest absolute Gasteiger partial charge is 0.117 e. The van der Waals surface area contributed by atoms with Gasteiger partial charge in [0.05, 0.1) is 0 Å². The Labute approximate surface area is 98.2 Å². The molecule has 0 amide bonds. The SMILES string of the molecule is Oc1cc(Br)cc(CN2CCNCC2)c1. The van der Waals surface area contributed by atoms with Crippen LogP contribution < -0.4 is 5.32 Å². The summed E-state index contributed by atoms with van der Waals surface area (Å²) in [6, 6.07) is 5.59. The third-order valence-electron chi connectivity index (χ3n) is 2.56. The fourth-order valence-electron chi connectivity index (χ4n) is 1.85. The van der Waals surface area contributed by atoms with Crippen LogP contribution in [0.3, 0.4) is 0 Å². The standard InChI is InChI=1S/C11H15BrN2O/c12-10-5-9(6-11(15)7-10)8-14-3-1-13-2-4-14/h5-7,13,15H,1-4,8H2. The highest BCUT2D eigenvalue weighted by atomic mass is 79.9. The Morgan fingerprint density at radius 3 is 2.67 bits per heavy atom. The number of hydrogen-bond donors (Lipinski definition) is 2. The number of halogens is 1. The van der Waals surface area contributed by atoms with Gasteiger partial charge >= 0.3 is 0 Å². The molecule has 0 aliphatic carbocycles. The number of rotatable bonds is 2. The van der Waals surface area contributed by atoms with E-state index in [4.69, 9.17) is 0 Å². The summed E-state index contributed by atoms with van der Waals surface area (Å²) in [6.07, 6.45) is 0. The highest BCUT2D eigenvalue weighted by Gasteiger charge is 2.10. The second-order valence-corrected chi connectivity index (χ2v) is 4.76. The Morgan fingerprint density at radius 2 is 2.00 bits per heavy atom. The summed E-state index contributed by atoms with van der Waals surface area (Å²) in [7, 11) is 0. The molecule has 15 heavy (non-hydrogen) atoms. The Balaban J connectivity index is 2.02. The zero-order valence-electron chi connectivity index (χ0n) is 8.54. The number of nitrogens with one attached hydrogen (secondary N) is 1. The van der Waals surface area contributed by atoms with Gasteiger partial charge in [0, 0.05) is 37.2 Å². The minimum Gasteiger partial charge on any atom is -0.508 e. The molecule has 0 radical (unpaired) electrons. The third-order valence-corrected chi connectivity index (χ3v) is 3.02. The maximum Gasteiger partial charge on any atom is 0.117 e. The van der Waals surface area contributed by atoms with Crippen LogP contribution in [0.25, 0.3) is 0 Å². The van der Waals surface area contributed by atoms with Crippen molar-refractivity contribution in [1.29, 1.82) is 0 Å².